The van der Waals surface area contributed by atoms with Gasteiger partial charge in [0.2, 0.25) is 0 Å². The number of hydrogen-bond donors (Lipinski definition) is 2. The van der Waals surface area contributed by atoms with Gasteiger partial charge in [0, 0.05) is 6.04 Å². The third-order valence-electron chi connectivity index (χ3n) is 2.64. The van der Waals surface area contributed by atoms with Crippen molar-refractivity contribution in [2.24, 2.45) is 0 Å². The van der Waals surface area contributed by atoms with Gasteiger partial charge in [-0.3, -0.25) is 0 Å². The van der Waals surface area contributed by atoms with E-state index in [0.717, 1.165) is 5.56 Å². The van der Waals surface area contributed by atoms with Crippen molar-refractivity contribution in [1.29, 1.82) is 0 Å². The molecule has 2 rings (SSSR count). The topological polar surface area (TPSA) is 49.3 Å². The Balaban J connectivity index is 2.29. The summed E-state index contributed by atoms with van der Waals surface area (Å²) in [4.78, 5) is 11.2. The van der Waals surface area contributed by atoms with Crippen molar-refractivity contribution in [3.8, 4) is 0 Å². The van der Waals surface area contributed by atoms with E-state index in [2.05, 4.69) is 5.32 Å². The minimum absolute atomic E-state index is 0.0350. The maximum atomic E-state index is 11.2. The number of nitrogens with one attached hydrogen (secondary N) is 1. The van der Waals surface area contributed by atoms with Crippen molar-refractivity contribution in [2.45, 2.75) is 13.0 Å². The Morgan fingerprint density at radius 2 is 2.22 bits per heavy atom. The molecule has 3 nitrogen and oxygen atoms in total. The second kappa shape index (κ2) is 5.42. The van der Waals surface area contributed by atoms with Crippen LogP contribution in [-0.2, 0) is 0 Å². The summed E-state index contributed by atoms with van der Waals surface area (Å²) in [5, 5.41) is 16.6. The fourth-order valence-electron chi connectivity index (χ4n) is 1.70. The van der Waals surface area contributed by atoms with E-state index in [1.54, 1.807) is 29.5 Å². The lowest BCUT2D eigenvalue weighted by atomic mass is 10.1. The van der Waals surface area contributed by atoms with E-state index in [-0.39, 0.29) is 16.6 Å². The minimum atomic E-state index is -1.03. The number of rotatable bonds is 4. The molecule has 0 aliphatic rings. The SMILES string of the molecule is CC(Nc1cccc(Cl)c1C(=O)O)c1ccsc1. The van der Waals surface area contributed by atoms with Gasteiger partial charge in [0.25, 0.3) is 0 Å². The van der Waals surface area contributed by atoms with E-state index in [0.29, 0.717) is 5.69 Å². The van der Waals surface area contributed by atoms with Gasteiger partial charge in [0.15, 0.2) is 0 Å². The molecule has 0 saturated heterocycles. The number of halogens is 1. The number of carboxylic acids is 1. The van der Waals surface area contributed by atoms with Gasteiger partial charge in [-0.05, 0) is 41.4 Å². The van der Waals surface area contributed by atoms with E-state index < -0.39 is 5.97 Å². The van der Waals surface area contributed by atoms with Gasteiger partial charge >= 0.3 is 5.97 Å². The Kier molecular flexibility index (Phi) is 3.89. The second-order valence-corrected chi connectivity index (χ2v) is 5.08. The molecular formula is C13H12ClNO2S. The maximum absolute atomic E-state index is 11.2. The summed E-state index contributed by atoms with van der Waals surface area (Å²) in [5.41, 5.74) is 1.77. The first kappa shape index (κ1) is 12.9. The van der Waals surface area contributed by atoms with Crippen LogP contribution in [0.3, 0.4) is 0 Å². The lowest BCUT2D eigenvalue weighted by molar-refractivity contribution is 0.0698. The summed E-state index contributed by atoms with van der Waals surface area (Å²) < 4.78 is 0. The molecule has 1 aromatic heterocycles. The Morgan fingerprint density at radius 3 is 2.83 bits per heavy atom. The molecule has 94 valence electrons. The smallest absolute Gasteiger partial charge is 0.339 e. The molecule has 0 spiro atoms. The summed E-state index contributed by atoms with van der Waals surface area (Å²) in [6, 6.07) is 7.07. The minimum Gasteiger partial charge on any atom is -0.478 e. The van der Waals surface area contributed by atoms with Gasteiger partial charge in [-0.25, -0.2) is 4.79 Å². The van der Waals surface area contributed by atoms with Crippen molar-refractivity contribution in [2.75, 3.05) is 5.32 Å². The molecule has 1 unspecified atom stereocenters. The summed E-state index contributed by atoms with van der Waals surface area (Å²) in [6.07, 6.45) is 0. The van der Waals surface area contributed by atoms with Crippen molar-refractivity contribution < 1.29 is 9.90 Å². The number of carbonyl (C=O) groups is 1. The van der Waals surface area contributed by atoms with E-state index in [9.17, 15) is 4.79 Å². The lowest BCUT2D eigenvalue weighted by Crippen LogP contribution is -2.10. The molecule has 0 aliphatic heterocycles. The fraction of sp³-hybridized carbons (Fsp3) is 0.154. The Morgan fingerprint density at radius 1 is 1.44 bits per heavy atom. The van der Waals surface area contributed by atoms with Gasteiger partial charge in [-0.15, -0.1) is 0 Å². The molecule has 5 heteroatoms. The molecule has 1 aromatic carbocycles. The number of hydrogen-bond acceptors (Lipinski definition) is 3. The molecule has 18 heavy (non-hydrogen) atoms. The standard InChI is InChI=1S/C13H12ClNO2S/c1-8(9-5-6-18-7-9)15-11-4-2-3-10(14)12(11)13(16)17/h2-8,15H,1H3,(H,16,17). The average Bonchev–Trinajstić information content (AvgIpc) is 2.81. The Bertz CT molecular complexity index is 554. The van der Waals surface area contributed by atoms with Crippen LogP contribution in [0.5, 0.6) is 0 Å². The van der Waals surface area contributed by atoms with E-state index in [1.807, 2.05) is 23.8 Å². The first-order chi connectivity index (χ1) is 8.59. The van der Waals surface area contributed by atoms with Crippen LogP contribution in [0.25, 0.3) is 0 Å². The van der Waals surface area contributed by atoms with Crippen molar-refractivity contribution in [3.05, 3.63) is 51.2 Å². The quantitative estimate of drug-likeness (QED) is 0.880. The fourth-order valence-corrected chi connectivity index (χ4v) is 2.71. The second-order valence-electron chi connectivity index (χ2n) is 3.89. The van der Waals surface area contributed by atoms with Crippen LogP contribution in [0, 0.1) is 0 Å². The van der Waals surface area contributed by atoms with Crippen LogP contribution in [0.4, 0.5) is 5.69 Å². The zero-order valence-corrected chi connectivity index (χ0v) is 11.3. The van der Waals surface area contributed by atoms with E-state index in [4.69, 9.17) is 16.7 Å². The maximum Gasteiger partial charge on any atom is 0.339 e. The third kappa shape index (κ3) is 2.66. The highest BCUT2D eigenvalue weighted by Crippen LogP contribution is 2.28. The largest absolute Gasteiger partial charge is 0.478 e. The van der Waals surface area contributed by atoms with Crippen LogP contribution in [-0.4, -0.2) is 11.1 Å². The van der Waals surface area contributed by atoms with Crippen LogP contribution < -0.4 is 5.32 Å². The van der Waals surface area contributed by atoms with Crippen LogP contribution in [0.2, 0.25) is 5.02 Å². The van der Waals surface area contributed by atoms with E-state index in [1.165, 1.54) is 0 Å². The number of carboxylic acid groups (broad SMARTS) is 1. The first-order valence-corrected chi connectivity index (χ1v) is 6.72. The van der Waals surface area contributed by atoms with Gasteiger partial charge in [0.1, 0.15) is 5.56 Å². The van der Waals surface area contributed by atoms with Crippen LogP contribution in [0.15, 0.2) is 35.0 Å². The molecule has 0 bridgehead atoms. The molecule has 0 aliphatic carbocycles. The van der Waals surface area contributed by atoms with Crippen LogP contribution in [0.1, 0.15) is 28.9 Å². The van der Waals surface area contributed by atoms with Crippen LogP contribution >= 0.6 is 22.9 Å². The molecule has 0 amide bonds. The molecule has 0 saturated carbocycles. The molecule has 2 aromatic rings. The normalized spacial score (nSPS) is 12.1. The monoisotopic (exact) mass is 281 g/mol. The number of benzene rings is 1. The van der Waals surface area contributed by atoms with Crippen molar-refractivity contribution in [3.63, 3.8) is 0 Å². The number of anilines is 1. The summed E-state index contributed by atoms with van der Waals surface area (Å²) in [7, 11) is 0. The molecule has 1 heterocycles. The lowest BCUT2D eigenvalue weighted by Gasteiger charge is -2.16. The third-order valence-corrected chi connectivity index (χ3v) is 3.66. The predicted octanol–water partition coefficient (Wildman–Crippen LogP) is 4.27. The summed E-state index contributed by atoms with van der Waals surface area (Å²) >= 11 is 7.52. The molecular weight excluding hydrogens is 270 g/mol. The summed E-state index contributed by atoms with van der Waals surface area (Å²) in [6.45, 7) is 1.98. The summed E-state index contributed by atoms with van der Waals surface area (Å²) in [5.74, 6) is -1.03. The zero-order chi connectivity index (χ0) is 13.1. The molecule has 1 atom stereocenters. The first-order valence-electron chi connectivity index (χ1n) is 5.40. The van der Waals surface area contributed by atoms with Gasteiger partial charge in [-0.2, -0.15) is 11.3 Å². The molecule has 0 radical (unpaired) electrons. The average molecular weight is 282 g/mol. The molecule has 0 fully saturated rings. The number of thiophene rings is 1. The van der Waals surface area contributed by atoms with Gasteiger partial charge in [-0.1, -0.05) is 17.7 Å². The molecule has 2 N–H and O–H groups in total. The highest BCUT2D eigenvalue weighted by atomic mass is 35.5. The van der Waals surface area contributed by atoms with Crippen molar-refractivity contribution >= 4 is 34.6 Å². The Labute approximate surface area is 114 Å². The van der Waals surface area contributed by atoms with Gasteiger partial charge < -0.3 is 10.4 Å². The van der Waals surface area contributed by atoms with E-state index >= 15 is 0 Å². The highest BCUT2D eigenvalue weighted by molar-refractivity contribution is 7.08. The highest BCUT2D eigenvalue weighted by Gasteiger charge is 2.16. The Hall–Kier alpha value is -1.52. The van der Waals surface area contributed by atoms with Gasteiger partial charge in [0.05, 0.1) is 10.7 Å². The van der Waals surface area contributed by atoms with Crippen molar-refractivity contribution in [1.82, 2.24) is 0 Å². The zero-order valence-electron chi connectivity index (χ0n) is 9.68. The number of aromatic carboxylic acids is 1. The predicted molar refractivity (Wildman–Crippen MR) is 74.8 cm³/mol.